The lowest BCUT2D eigenvalue weighted by atomic mass is 9.99. The van der Waals surface area contributed by atoms with Crippen molar-refractivity contribution in [2.24, 2.45) is 0 Å². The van der Waals surface area contributed by atoms with Gasteiger partial charge in [0.05, 0.1) is 12.5 Å². The van der Waals surface area contributed by atoms with Crippen molar-refractivity contribution in [1.29, 1.82) is 0 Å². The van der Waals surface area contributed by atoms with Gasteiger partial charge in [0.1, 0.15) is 5.75 Å². The monoisotopic (exact) mass is 242 g/mol. The molecule has 1 unspecified atom stereocenters. The van der Waals surface area contributed by atoms with Gasteiger partial charge in [0.15, 0.2) is 0 Å². The zero-order chi connectivity index (χ0) is 12.3. The van der Waals surface area contributed by atoms with Crippen molar-refractivity contribution in [2.75, 3.05) is 6.61 Å². The highest BCUT2D eigenvalue weighted by atomic mass is 35.5. The van der Waals surface area contributed by atoms with Crippen LogP contribution in [0.2, 0.25) is 5.02 Å². The first-order chi connectivity index (χ1) is 7.47. The Balaban J connectivity index is 3.23. The molecule has 0 aliphatic carbocycles. The van der Waals surface area contributed by atoms with Crippen LogP contribution < -0.4 is 4.74 Å². The van der Waals surface area contributed by atoms with Crippen LogP contribution in [-0.4, -0.2) is 17.7 Å². The molecule has 1 N–H and O–H groups in total. The van der Waals surface area contributed by atoms with Gasteiger partial charge in [-0.15, -0.1) is 0 Å². The molecule has 0 heterocycles. The first-order valence-electron chi connectivity index (χ1n) is 5.13. The third-order valence-electron chi connectivity index (χ3n) is 2.43. The first-order valence-corrected chi connectivity index (χ1v) is 5.50. The number of ether oxygens (including phenoxy) is 1. The second-order valence-corrected chi connectivity index (χ2v) is 4.04. The predicted molar refractivity (Wildman–Crippen MR) is 63.4 cm³/mol. The SMILES string of the molecule is CCOc1cc(C)c(Cl)cc1C(C)C(=O)O. The van der Waals surface area contributed by atoms with Gasteiger partial charge in [-0.3, -0.25) is 4.79 Å². The molecule has 1 aromatic carbocycles. The van der Waals surface area contributed by atoms with E-state index in [0.717, 1.165) is 5.56 Å². The van der Waals surface area contributed by atoms with E-state index in [-0.39, 0.29) is 0 Å². The van der Waals surface area contributed by atoms with E-state index in [0.29, 0.717) is 22.9 Å². The summed E-state index contributed by atoms with van der Waals surface area (Å²) >= 11 is 5.99. The minimum atomic E-state index is -0.888. The van der Waals surface area contributed by atoms with Crippen molar-refractivity contribution in [1.82, 2.24) is 0 Å². The molecule has 1 rings (SSSR count). The van der Waals surface area contributed by atoms with Gasteiger partial charge >= 0.3 is 5.97 Å². The Morgan fingerprint density at radius 3 is 2.69 bits per heavy atom. The van der Waals surface area contributed by atoms with Crippen LogP contribution in [0.5, 0.6) is 5.75 Å². The fraction of sp³-hybridized carbons (Fsp3) is 0.417. The molecule has 0 aromatic heterocycles. The summed E-state index contributed by atoms with van der Waals surface area (Å²) in [7, 11) is 0. The molecule has 3 nitrogen and oxygen atoms in total. The first kappa shape index (κ1) is 12.8. The van der Waals surface area contributed by atoms with E-state index in [9.17, 15) is 4.79 Å². The minimum Gasteiger partial charge on any atom is -0.494 e. The van der Waals surface area contributed by atoms with Gasteiger partial charge in [-0.05, 0) is 38.5 Å². The quantitative estimate of drug-likeness (QED) is 0.882. The third kappa shape index (κ3) is 2.67. The fourth-order valence-electron chi connectivity index (χ4n) is 1.42. The van der Waals surface area contributed by atoms with E-state index < -0.39 is 11.9 Å². The summed E-state index contributed by atoms with van der Waals surface area (Å²) < 4.78 is 5.42. The Morgan fingerprint density at radius 1 is 1.56 bits per heavy atom. The Kier molecular flexibility index (Phi) is 4.19. The number of carbonyl (C=O) groups is 1. The highest BCUT2D eigenvalue weighted by Gasteiger charge is 2.19. The number of carboxylic acid groups (broad SMARTS) is 1. The molecule has 0 radical (unpaired) electrons. The standard InChI is InChI=1S/C12H15ClO3/c1-4-16-11-5-7(2)10(13)6-9(11)8(3)12(14)15/h5-6,8H,4H2,1-3H3,(H,14,15). The van der Waals surface area contributed by atoms with E-state index in [1.54, 1.807) is 19.1 Å². The van der Waals surface area contributed by atoms with Crippen LogP contribution in [0.4, 0.5) is 0 Å². The zero-order valence-electron chi connectivity index (χ0n) is 9.58. The molecule has 1 aromatic rings. The number of carboxylic acids is 1. The minimum absolute atomic E-state index is 0.500. The van der Waals surface area contributed by atoms with Crippen LogP contribution in [0.15, 0.2) is 12.1 Å². The highest BCUT2D eigenvalue weighted by Crippen LogP contribution is 2.32. The number of hydrogen-bond donors (Lipinski definition) is 1. The molecule has 0 aliphatic heterocycles. The number of halogens is 1. The molecular formula is C12H15ClO3. The molecule has 88 valence electrons. The number of benzene rings is 1. The van der Waals surface area contributed by atoms with Crippen LogP contribution in [-0.2, 0) is 4.79 Å². The van der Waals surface area contributed by atoms with E-state index in [4.69, 9.17) is 21.4 Å². The summed E-state index contributed by atoms with van der Waals surface area (Å²) in [5, 5.41) is 9.55. The van der Waals surface area contributed by atoms with Gasteiger partial charge in [0.2, 0.25) is 0 Å². The van der Waals surface area contributed by atoms with Crippen LogP contribution in [0, 0.1) is 6.92 Å². The van der Waals surface area contributed by atoms with Crippen molar-refractivity contribution in [2.45, 2.75) is 26.7 Å². The van der Waals surface area contributed by atoms with E-state index in [1.807, 2.05) is 13.8 Å². The number of rotatable bonds is 4. The maximum Gasteiger partial charge on any atom is 0.310 e. The van der Waals surface area contributed by atoms with Gasteiger partial charge in [-0.1, -0.05) is 11.6 Å². The summed E-state index contributed by atoms with van der Waals surface area (Å²) in [4.78, 5) is 11.0. The summed E-state index contributed by atoms with van der Waals surface area (Å²) in [5.74, 6) is -0.917. The molecule has 0 spiro atoms. The molecule has 0 saturated heterocycles. The molecule has 0 fully saturated rings. The van der Waals surface area contributed by atoms with Crippen molar-refractivity contribution in [3.05, 3.63) is 28.3 Å². The molecule has 0 saturated carbocycles. The molecule has 0 aliphatic rings. The maximum absolute atomic E-state index is 11.0. The van der Waals surface area contributed by atoms with Crippen molar-refractivity contribution < 1.29 is 14.6 Å². The highest BCUT2D eigenvalue weighted by molar-refractivity contribution is 6.31. The van der Waals surface area contributed by atoms with Crippen LogP contribution in [0.25, 0.3) is 0 Å². The zero-order valence-corrected chi connectivity index (χ0v) is 10.3. The second-order valence-electron chi connectivity index (χ2n) is 3.63. The van der Waals surface area contributed by atoms with Gasteiger partial charge in [-0.25, -0.2) is 0 Å². The Morgan fingerprint density at radius 2 is 2.19 bits per heavy atom. The van der Waals surface area contributed by atoms with Crippen LogP contribution in [0.3, 0.4) is 0 Å². The topological polar surface area (TPSA) is 46.5 Å². The number of hydrogen-bond acceptors (Lipinski definition) is 2. The number of aliphatic carboxylic acids is 1. The van der Waals surface area contributed by atoms with Gasteiger partial charge in [-0.2, -0.15) is 0 Å². The van der Waals surface area contributed by atoms with Crippen molar-refractivity contribution in [3.63, 3.8) is 0 Å². The lowest BCUT2D eigenvalue weighted by Gasteiger charge is -2.15. The number of aryl methyl sites for hydroxylation is 1. The van der Waals surface area contributed by atoms with Crippen LogP contribution in [0.1, 0.15) is 30.9 Å². The fourth-order valence-corrected chi connectivity index (χ4v) is 1.59. The smallest absolute Gasteiger partial charge is 0.310 e. The molecule has 1 atom stereocenters. The van der Waals surface area contributed by atoms with Crippen LogP contribution >= 0.6 is 11.6 Å². The molecule has 0 amide bonds. The van der Waals surface area contributed by atoms with Crippen molar-refractivity contribution in [3.8, 4) is 5.75 Å². The lowest BCUT2D eigenvalue weighted by Crippen LogP contribution is -2.10. The summed E-state index contributed by atoms with van der Waals surface area (Å²) in [5.41, 5.74) is 1.50. The average Bonchev–Trinajstić information content (AvgIpc) is 2.22. The second kappa shape index (κ2) is 5.21. The van der Waals surface area contributed by atoms with Crippen molar-refractivity contribution >= 4 is 17.6 Å². The van der Waals surface area contributed by atoms with Gasteiger partial charge < -0.3 is 9.84 Å². The Hall–Kier alpha value is -1.22. The van der Waals surface area contributed by atoms with E-state index in [2.05, 4.69) is 0 Å². The lowest BCUT2D eigenvalue weighted by molar-refractivity contribution is -0.138. The van der Waals surface area contributed by atoms with E-state index >= 15 is 0 Å². The third-order valence-corrected chi connectivity index (χ3v) is 2.84. The molecular weight excluding hydrogens is 228 g/mol. The van der Waals surface area contributed by atoms with E-state index in [1.165, 1.54) is 0 Å². The molecule has 0 bridgehead atoms. The normalized spacial score (nSPS) is 12.2. The summed E-state index contributed by atoms with van der Waals surface area (Å²) in [6.45, 7) is 5.84. The molecule has 4 heteroatoms. The Bertz CT molecular complexity index is 401. The Labute approximate surface area is 100.0 Å². The van der Waals surface area contributed by atoms with Gasteiger partial charge in [0.25, 0.3) is 0 Å². The maximum atomic E-state index is 11.0. The average molecular weight is 243 g/mol. The largest absolute Gasteiger partial charge is 0.494 e. The summed E-state index contributed by atoms with van der Waals surface area (Å²) in [6.07, 6.45) is 0. The molecule has 16 heavy (non-hydrogen) atoms. The van der Waals surface area contributed by atoms with Gasteiger partial charge in [0, 0.05) is 10.6 Å². The predicted octanol–water partition coefficient (Wildman–Crippen LogP) is 3.24. The summed E-state index contributed by atoms with van der Waals surface area (Å²) in [6, 6.07) is 3.45.